The molecule has 0 heterocycles. The average Bonchev–Trinajstić information content (AvgIpc) is 3.05. The van der Waals surface area contributed by atoms with Gasteiger partial charge in [0.15, 0.2) is 0 Å². The van der Waals surface area contributed by atoms with E-state index in [1.165, 1.54) is 22.3 Å². The Morgan fingerprint density at radius 3 is 2.39 bits per heavy atom. The van der Waals surface area contributed by atoms with E-state index in [1.54, 1.807) is 12.1 Å². The number of hydrogen-bond acceptors (Lipinski definition) is 3. The van der Waals surface area contributed by atoms with Gasteiger partial charge in [-0.1, -0.05) is 18.2 Å². The van der Waals surface area contributed by atoms with E-state index >= 15 is 0 Å². The van der Waals surface area contributed by atoms with Crippen LogP contribution in [0.4, 0.5) is 10.5 Å². The molecule has 0 aliphatic heterocycles. The zero-order valence-electron chi connectivity index (χ0n) is 16.4. The van der Waals surface area contributed by atoms with Crippen LogP contribution in [0.5, 0.6) is 0 Å². The summed E-state index contributed by atoms with van der Waals surface area (Å²) < 4.78 is 15.5. The van der Waals surface area contributed by atoms with E-state index < -0.39 is 16.3 Å². The molecule has 0 aromatic heterocycles. The van der Waals surface area contributed by atoms with Crippen LogP contribution in [0.25, 0.3) is 0 Å². The van der Waals surface area contributed by atoms with Gasteiger partial charge in [0.25, 0.3) is 0 Å². The second-order valence-corrected chi connectivity index (χ2v) is 10.1. The Morgan fingerprint density at radius 1 is 1.07 bits per heavy atom. The lowest BCUT2D eigenvalue weighted by Crippen LogP contribution is -2.45. The van der Waals surface area contributed by atoms with E-state index in [2.05, 4.69) is 21.0 Å². The summed E-state index contributed by atoms with van der Waals surface area (Å²) in [6, 6.07) is 9.02. The minimum Gasteiger partial charge on any atom is -0.307 e. The Balaban J connectivity index is 1.49. The Kier molecular flexibility index (Phi) is 4.99. The number of nitrogens with zero attached hydrogens (tertiary/aromatic N) is 1. The largest absolute Gasteiger partial charge is 0.330 e. The van der Waals surface area contributed by atoms with Crippen molar-refractivity contribution in [2.45, 2.75) is 43.5 Å². The summed E-state index contributed by atoms with van der Waals surface area (Å²) >= 11 is 0. The van der Waals surface area contributed by atoms with Crippen LogP contribution in [0, 0.1) is 0 Å². The first-order valence-electron chi connectivity index (χ1n) is 9.72. The standard InChI is InChI=1S/C21H28N4O2S/c1-25(2)13-14-6-9-17(10-7-14)28(22,27)24-21(26)23-20-18-5-3-4-15(18)12-16-8-11-19(16)20/h6-7,9-10,12,28H,3-5,8,11,13H2,1-2H3,(H4,22,23,24,26,27). The van der Waals surface area contributed by atoms with Gasteiger partial charge in [-0.3, -0.25) is 9.86 Å². The number of nitrogens with two attached hydrogens (primary N) is 1. The zero-order valence-corrected chi connectivity index (χ0v) is 17.3. The second kappa shape index (κ2) is 7.31. The molecule has 0 saturated carbocycles. The van der Waals surface area contributed by atoms with E-state index in [1.807, 2.05) is 26.2 Å². The van der Waals surface area contributed by atoms with Gasteiger partial charge in [-0.2, -0.15) is 0 Å². The topological polar surface area (TPSA) is 87.5 Å². The van der Waals surface area contributed by atoms with Gasteiger partial charge in [-0.05, 0) is 86.1 Å². The highest BCUT2D eigenvalue weighted by Gasteiger charge is 2.27. The van der Waals surface area contributed by atoms with Crippen LogP contribution in [0.3, 0.4) is 0 Å². The van der Waals surface area contributed by atoms with Gasteiger partial charge in [0.1, 0.15) is 0 Å². The number of amides is 2. The fourth-order valence-corrected chi connectivity index (χ4v) is 5.22. The maximum Gasteiger partial charge on any atom is 0.330 e. The number of fused-ring (bicyclic) bond motifs is 2. The first-order valence-corrected chi connectivity index (χ1v) is 11.5. The van der Waals surface area contributed by atoms with Crippen molar-refractivity contribution in [1.82, 2.24) is 9.62 Å². The molecule has 4 N–H and O–H groups in total. The zero-order chi connectivity index (χ0) is 19.9. The monoisotopic (exact) mass is 400 g/mol. The van der Waals surface area contributed by atoms with Gasteiger partial charge < -0.3 is 10.2 Å². The molecule has 2 aliphatic rings. The van der Waals surface area contributed by atoms with Gasteiger partial charge in [-0.15, -0.1) is 0 Å². The SMILES string of the molecule is CN(C)Cc1ccc([SH](N)(=O)NC(=O)Nc2c3c(cc4c2CC4)CCC3)cc1. The highest BCUT2D eigenvalue weighted by molar-refractivity contribution is 7.99. The Labute approximate surface area is 167 Å². The summed E-state index contributed by atoms with van der Waals surface area (Å²) in [5.41, 5.74) is 7.11. The fraction of sp³-hybridized carbons (Fsp3) is 0.381. The molecule has 2 aliphatic carbocycles. The minimum absolute atomic E-state index is 0.441. The van der Waals surface area contributed by atoms with Gasteiger partial charge in [0.2, 0.25) is 0 Å². The summed E-state index contributed by atoms with van der Waals surface area (Å²) in [6.07, 6.45) is 5.20. The highest BCUT2D eigenvalue weighted by atomic mass is 32.3. The molecule has 28 heavy (non-hydrogen) atoms. The molecule has 2 aromatic carbocycles. The number of hydrogen-bond donors (Lipinski definition) is 4. The van der Waals surface area contributed by atoms with Crippen molar-refractivity contribution in [3.05, 3.63) is 58.1 Å². The summed E-state index contributed by atoms with van der Waals surface area (Å²) in [5, 5.41) is 8.97. The molecule has 2 aromatic rings. The van der Waals surface area contributed by atoms with Crippen molar-refractivity contribution in [2.24, 2.45) is 5.14 Å². The number of carbonyl (C=O) groups is 1. The first kappa shape index (κ1) is 19.1. The van der Waals surface area contributed by atoms with Gasteiger partial charge in [0.05, 0.1) is 0 Å². The molecular formula is C21H28N4O2S. The Bertz CT molecular complexity index is 969. The van der Waals surface area contributed by atoms with E-state index in [0.29, 0.717) is 4.90 Å². The van der Waals surface area contributed by atoms with E-state index in [4.69, 9.17) is 5.14 Å². The molecule has 150 valence electrons. The van der Waals surface area contributed by atoms with Crippen LogP contribution in [-0.4, -0.2) is 29.2 Å². The third-order valence-corrected chi connectivity index (χ3v) is 7.17. The van der Waals surface area contributed by atoms with Crippen LogP contribution in [0.15, 0.2) is 35.2 Å². The van der Waals surface area contributed by atoms with Crippen LogP contribution < -0.4 is 15.2 Å². The fourth-order valence-electron chi connectivity index (χ4n) is 4.14. The molecule has 2 amide bonds. The summed E-state index contributed by atoms with van der Waals surface area (Å²) in [6.45, 7) is 0.785. The first-order chi connectivity index (χ1) is 13.3. The number of carbonyl (C=O) groups excluding carboxylic acids is 1. The smallest absolute Gasteiger partial charge is 0.307 e. The number of thiol groups is 1. The van der Waals surface area contributed by atoms with Gasteiger partial charge in [0, 0.05) is 27.4 Å². The predicted molar refractivity (Wildman–Crippen MR) is 114 cm³/mol. The highest BCUT2D eigenvalue weighted by Crippen LogP contribution is 2.39. The molecule has 0 saturated heterocycles. The number of benzene rings is 2. The molecule has 0 spiro atoms. The Hall–Kier alpha value is -2.22. The minimum atomic E-state index is -3.50. The lowest BCUT2D eigenvalue weighted by Gasteiger charge is -2.27. The molecule has 4 rings (SSSR count). The van der Waals surface area contributed by atoms with E-state index in [9.17, 15) is 9.00 Å². The lowest BCUT2D eigenvalue weighted by molar-refractivity contribution is 0.256. The number of rotatable bonds is 5. The molecule has 0 atom stereocenters. The van der Waals surface area contributed by atoms with Crippen molar-refractivity contribution in [1.29, 1.82) is 0 Å². The van der Waals surface area contributed by atoms with Crippen molar-refractivity contribution >= 4 is 22.0 Å². The van der Waals surface area contributed by atoms with Crippen LogP contribution in [0.1, 0.15) is 34.2 Å². The number of aryl methyl sites for hydroxylation is 2. The molecule has 7 heteroatoms. The number of nitrogens with one attached hydrogen (secondary N) is 2. The summed E-state index contributed by atoms with van der Waals surface area (Å²) in [7, 11) is 0.481. The summed E-state index contributed by atoms with van der Waals surface area (Å²) in [4.78, 5) is 15.1. The molecule has 6 nitrogen and oxygen atoms in total. The average molecular weight is 401 g/mol. The Morgan fingerprint density at radius 2 is 1.75 bits per heavy atom. The quantitative estimate of drug-likeness (QED) is 0.581. The predicted octanol–water partition coefficient (Wildman–Crippen LogP) is 2.32. The lowest BCUT2D eigenvalue weighted by atomic mass is 9.83. The van der Waals surface area contributed by atoms with Crippen molar-refractivity contribution < 1.29 is 9.00 Å². The third-order valence-electron chi connectivity index (χ3n) is 5.57. The van der Waals surface area contributed by atoms with Crippen LogP contribution >= 0.6 is 0 Å². The maximum atomic E-state index is 12.9. The van der Waals surface area contributed by atoms with E-state index in [0.717, 1.165) is 49.9 Å². The van der Waals surface area contributed by atoms with Gasteiger partial charge in [-0.25, -0.2) is 9.00 Å². The number of urea groups is 1. The van der Waals surface area contributed by atoms with Crippen LogP contribution in [0.2, 0.25) is 0 Å². The van der Waals surface area contributed by atoms with Gasteiger partial charge >= 0.3 is 6.03 Å². The number of anilines is 1. The van der Waals surface area contributed by atoms with Crippen molar-refractivity contribution in [3.8, 4) is 0 Å². The second-order valence-electron chi connectivity index (χ2n) is 8.01. The van der Waals surface area contributed by atoms with Crippen molar-refractivity contribution in [2.75, 3.05) is 19.4 Å². The molecule has 0 radical (unpaired) electrons. The van der Waals surface area contributed by atoms with Crippen LogP contribution in [-0.2, 0) is 42.5 Å². The van der Waals surface area contributed by atoms with Crippen molar-refractivity contribution in [3.63, 3.8) is 0 Å². The normalized spacial score (nSPS) is 15.6. The maximum absolute atomic E-state index is 12.9. The third kappa shape index (κ3) is 3.70. The molecular weight excluding hydrogens is 372 g/mol. The molecule has 0 unspecified atom stereocenters. The molecule has 0 bridgehead atoms. The van der Waals surface area contributed by atoms with E-state index in [-0.39, 0.29) is 0 Å². The molecule has 0 fully saturated rings. The summed E-state index contributed by atoms with van der Waals surface area (Å²) in [5.74, 6) is 0.